The van der Waals surface area contributed by atoms with E-state index in [9.17, 15) is 4.79 Å². The molecule has 0 spiro atoms. The summed E-state index contributed by atoms with van der Waals surface area (Å²) >= 11 is 0. The van der Waals surface area contributed by atoms with Crippen LogP contribution < -0.4 is 24.5 Å². The molecule has 166 valence electrons. The van der Waals surface area contributed by atoms with Gasteiger partial charge >= 0.3 is 0 Å². The molecule has 5 rings (SSSR count). The number of methoxy groups -OCH3 is 2. The number of ether oxygens (including phenoxy) is 5. The van der Waals surface area contributed by atoms with Crippen LogP contribution >= 0.6 is 0 Å². The minimum absolute atomic E-state index is 0.0827. The number of nitrogens with zero attached hydrogens (tertiary/aromatic N) is 2. The van der Waals surface area contributed by atoms with Gasteiger partial charge in [-0.3, -0.25) is 9.78 Å². The molecule has 4 aromatic rings. The second kappa shape index (κ2) is 8.18. The van der Waals surface area contributed by atoms with E-state index in [4.69, 9.17) is 28.8 Å². The van der Waals surface area contributed by atoms with Crippen molar-refractivity contribution in [2.45, 2.75) is 6.54 Å². The summed E-state index contributed by atoms with van der Waals surface area (Å²) < 4.78 is 29.1. The predicted octanol–water partition coefficient (Wildman–Crippen LogP) is 2.46. The van der Waals surface area contributed by atoms with Crippen molar-refractivity contribution in [2.24, 2.45) is 0 Å². The molecule has 9 nitrogen and oxygen atoms in total. The van der Waals surface area contributed by atoms with E-state index in [-0.39, 0.29) is 32.2 Å². The summed E-state index contributed by atoms with van der Waals surface area (Å²) in [6, 6.07) is 7.15. The second-order valence-corrected chi connectivity index (χ2v) is 7.29. The van der Waals surface area contributed by atoms with Crippen LogP contribution in [0.4, 0.5) is 0 Å². The first-order chi connectivity index (χ1) is 15.7. The van der Waals surface area contributed by atoms with Gasteiger partial charge in [-0.1, -0.05) is 0 Å². The first kappa shape index (κ1) is 20.3. The fourth-order valence-electron chi connectivity index (χ4n) is 4.12. The van der Waals surface area contributed by atoms with E-state index in [1.54, 1.807) is 30.0 Å². The van der Waals surface area contributed by atoms with E-state index < -0.39 is 0 Å². The summed E-state index contributed by atoms with van der Waals surface area (Å²) in [5, 5.41) is 11.8. The minimum atomic E-state index is -0.189. The summed E-state index contributed by atoms with van der Waals surface area (Å²) in [6.07, 6.45) is 1.75. The highest BCUT2D eigenvalue weighted by Gasteiger charge is 2.21. The highest BCUT2D eigenvalue weighted by Crippen LogP contribution is 2.40. The molecule has 1 N–H and O–H groups in total. The molecule has 0 amide bonds. The molecule has 0 unspecified atom stereocenters. The van der Waals surface area contributed by atoms with Crippen LogP contribution in [-0.2, 0) is 11.3 Å². The molecule has 2 aromatic heterocycles. The number of fused-ring (bicyclic) bond motifs is 6. The largest absolute Gasteiger partial charge is 0.493 e. The maximum atomic E-state index is 13.6. The fraction of sp³-hybridized carbons (Fsp3) is 0.304. The van der Waals surface area contributed by atoms with E-state index >= 15 is 0 Å². The van der Waals surface area contributed by atoms with Crippen LogP contribution in [0.15, 0.2) is 35.3 Å². The zero-order valence-corrected chi connectivity index (χ0v) is 17.7. The minimum Gasteiger partial charge on any atom is -0.493 e. The van der Waals surface area contributed by atoms with Gasteiger partial charge in [-0.2, -0.15) is 0 Å². The Hall–Kier alpha value is -3.56. The molecule has 0 atom stereocenters. The number of aromatic nitrogens is 2. The van der Waals surface area contributed by atoms with Crippen LogP contribution in [0.2, 0.25) is 0 Å². The number of hydrogen-bond acceptors (Lipinski definition) is 8. The van der Waals surface area contributed by atoms with Gasteiger partial charge in [-0.25, -0.2) is 0 Å². The highest BCUT2D eigenvalue weighted by atomic mass is 16.7. The van der Waals surface area contributed by atoms with Crippen molar-refractivity contribution in [3.05, 3.63) is 40.8 Å². The standard InChI is InChI=1S/C23H22N2O7/c1-28-18-7-13-14(8-19(18)29-2)23(27)25(3-5-30-6-4-26)22-15-9-20-21(32-12-31-20)10-17(15)24-11-16(13)22/h7-11,26H,3-6,12H2,1-2H3. The Bertz CT molecular complexity index is 1400. The van der Waals surface area contributed by atoms with E-state index in [1.165, 1.54) is 7.11 Å². The monoisotopic (exact) mass is 438 g/mol. The van der Waals surface area contributed by atoms with Crippen molar-refractivity contribution in [3.8, 4) is 23.0 Å². The molecule has 0 saturated heterocycles. The molecular formula is C23H22N2O7. The molecule has 0 aliphatic carbocycles. The maximum absolute atomic E-state index is 13.6. The smallest absolute Gasteiger partial charge is 0.259 e. The molecule has 9 heteroatoms. The first-order valence-electron chi connectivity index (χ1n) is 10.2. The van der Waals surface area contributed by atoms with E-state index in [2.05, 4.69) is 4.98 Å². The SMILES string of the molecule is COc1cc2c(=O)n(CCOCCO)c3c4cc5c(cc4ncc3c2cc1OC)OCO5. The molecule has 3 heterocycles. The summed E-state index contributed by atoms with van der Waals surface area (Å²) in [5.41, 5.74) is 1.21. The molecule has 0 saturated carbocycles. The lowest BCUT2D eigenvalue weighted by molar-refractivity contribution is 0.0872. The summed E-state index contributed by atoms with van der Waals surface area (Å²) in [4.78, 5) is 18.3. The van der Waals surface area contributed by atoms with E-state index in [0.717, 1.165) is 10.8 Å². The average molecular weight is 438 g/mol. The maximum Gasteiger partial charge on any atom is 0.259 e. The van der Waals surface area contributed by atoms with Gasteiger partial charge in [-0.15, -0.1) is 0 Å². The van der Waals surface area contributed by atoms with Crippen molar-refractivity contribution in [1.29, 1.82) is 0 Å². The van der Waals surface area contributed by atoms with E-state index in [1.807, 2.05) is 12.1 Å². The van der Waals surface area contributed by atoms with Gasteiger partial charge in [0.15, 0.2) is 23.0 Å². The Kier molecular flexibility index (Phi) is 5.20. The lowest BCUT2D eigenvalue weighted by atomic mass is 10.0. The Morgan fingerprint density at radius 3 is 2.41 bits per heavy atom. The van der Waals surface area contributed by atoms with Gasteiger partial charge in [0.05, 0.1) is 50.5 Å². The lowest BCUT2D eigenvalue weighted by Crippen LogP contribution is -2.24. The molecular weight excluding hydrogens is 416 g/mol. The molecule has 0 radical (unpaired) electrons. The van der Waals surface area contributed by atoms with Gasteiger partial charge in [0.25, 0.3) is 5.56 Å². The van der Waals surface area contributed by atoms with Gasteiger partial charge in [-0.05, 0) is 18.2 Å². The van der Waals surface area contributed by atoms with Gasteiger partial charge in [0.2, 0.25) is 6.79 Å². The quantitative estimate of drug-likeness (QED) is 0.347. The highest BCUT2D eigenvalue weighted by molar-refractivity contribution is 6.15. The Labute approximate surface area is 182 Å². The van der Waals surface area contributed by atoms with Crippen LogP contribution in [0.3, 0.4) is 0 Å². The third kappa shape index (κ3) is 3.17. The molecule has 1 aliphatic rings. The average Bonchev–Trinajstić information content (AvgIpc) is 3.28. The van der Waals surface area contributed by atoms with Crippen molar-refractivity contribution in [3.63, 3.8) is 0 Å². The number of pyridine rings is 2. The third-order valence-corrected chi connectivity index (χ3v) is 5.59. The summed E-state index contributed by atoms with van der Waals surface area (Å²) in [5.74, 6) is 2.22. The molecule has 2 aromatic carbocycles. The van der Waals surface area contributed by atoms with Crippen molar-refractivity contribution < 1.29 is 28.8 Å². The van der Waals surface area contributed by atoms with Crippen LogP contribution in [-0.4, -0.2) is 55.5 Å². The fourth-order valence-corrected chi connectivity index (χ4v) is 4.12. The normalized spacial score (nSPS) is 12.7. The number of aliphatic hydroxyl groups is 1. The second-order valence-electron chi connectivity index (χ2n) is 7.29. The molecule has 0 fully saturated rings. The van der Waals surface area contributed by atoms with Crippen molar-refractivity contribution >= 4 is 32.6 Å². The number of rotatable bonds is 7. The van der Waals surface area contributed by atoms with Gasteiger partial charge in [0, 0.05) is 35.0 Å². The van der Waals surface area contributed by atoms with Crippen molar-refractivity contribution in [1.82, 2.24) is 9.55 Å². The number of benzene rings is 2. The number of hydrogen-bond donors (Lipinski definition) is 1. The van der Waals surface area contributed by atoms with Crippen LogP contribution in [0.1, 0.15) is 0 Å². The Balaban J connectivity index is 1.86. The Morgan fingerprint density at radius 1 is 0.969 bits per heavy atom. The third-order valence-electron chi connectivity index (χ3n) is 5.59. The number of aliphatic hydroxyl groups excluding tert-OH is 1. The Morgan fingerprint density at radius 2 is 1.69 bits per heavy atom. The molecule has 1 aliphatic heterocycles. The lowest BCUT2D eigenvalue weighted by Gasteiger charge is -2.17. The van der Waals surface area contributed by atoms with Crippen LogP contribution in [0, 0.1) is 0 Å². The zero-order valence-electron chi connectivity index (χ0n) is 17.7. The van der Waals surface area contributed by atoms with Crippen molar-refractivity contribution in [2.75, 3.05) is 40.8 Å². The molecule has 0 bridgehead atoms. The summed E-state index contributed by atoms with van der Waals surface area (Å²) in [6.45, 7) is 0.828. The zero-order chi connectivity index (χ0) is 22.2. The van der Waals surface area contributed by atoms with Crippen LogP contribution in [0.5, 0.6) is 23.0 Å². The topological polar surface area (TPSA) is 101 Å². The van der Waals surface area contributed by atoms with Crippen LogP contribution in [0.25, 0.3) is 32.6 Å². The van der Waals surface area contributed by atoms with Gasteiger partial charge < -0.3 is 33.4 Å². The van der Waals surface area contributed by atoms with E-state index in [0.29, 0.717) is 51.3 Å². The predicted molar refractivity (Wildman–Crippen MR) is 118 cm³/mol. The first-order valence-corrected chi connectivity index (χ1v) is 10.2. The summed E-state index contributed by atoms with van der Waals surface area (Å²) in [7, 11) is 3.09. The molecule has 32 heavy (non-hydrogen) atoms. The van der Waals surface area contributed by atoms with Gasteiger partial charge in [0.1, 0.15) is 0 Å².